The highest BCUT2D eigenvalue weighted by Crippen LogP contribution is 2.46. The van der Waals surface area contributed by atoms with Crippen molar-refractivity contribution in [2.24, 2.45) is 5.92 Å². The fourth-order valence-electron chi connectivity index (χ4n) is 3.34. The van der Waals surface area contributed by atoms with E-state index >= 15 is 0 Å². The Kier molecular flexibility index (Phi) is 3.01. The summed E-state index contributed by atoms with van der Waals surface area (Å²) in [5.41, 5.74) is -0.166. The number of carbonyl (C=O) groups is 1. The van der Waals surface area contributed by atoms with Gasteiger partial charge in [-0.1, -0.05) is 11.6 Å². The van der Waals surface area contributed by atoms with Crippen molar-refractivity contribution in [3.8, 4) is 0 Å². The summed E-state index contributed by atoms with van der Waals surface area (Å²) in [6.07, 6.45) is 3.44. The molecule has 2 bridgehead atoms. The minimum Gasteiger partial charge on any atom is -0.481 e. The molecular weight excluding hydrogens is 286 g/mol. The number of anilines is 1. The van der Waals surface area contributed by atoms with E-state index in [0.29, 0.717) is 6.42 Å². The molecule has 0 radical (unpaired) electrons. The Hall–Kier alpha value is -1.89. The third kappa shape index (κ3) is 1.89. The molecule has 0 amide bonds. The minimum atomic E-state index is -0.848. The van der Waals surface area contributed by atoms with Crippen LogP contribution < -0.4 is 4.90 Å². The second kappa shape index (κ2) is 4.59. The number of aromatic nitrogens is 1. The first-order chi connectivity index (χ1) is 9.49. The van der Waals surface area contributed by atoms with Crippen LogP contribution in [-0.2, 0) is 4.79 Å². The lowest BCUT2D eigenvalue weighted by atomic mass is 9.89. The SMILES string of the molecule is O=C(O)C1CC2CCC1N2c1ncc(Cl)cc1[N+](=O)[O-]. The van der Waals surface area contributed by atoms with Crippen molar-refractivity contribution in [3.05, 3.63) is 27.4 Å². The standard InChI is InChI=1S/C12H12ClN3O4/c13-6-3-10(16(19)20)11(14-5-6)15-7-1-2-9(15)8(4-7)12(17)18/h3,5,7-9H,1-2,4H2,(H,17,18). The maximum absolute atomic E-state index is 11.2. The molecule has 3 heterocycles. The molecule has 3 atom stereocenters. The first-order valence-corrected chi connectivity index (χ1v) is 6.68. The van der Waals surface area contributed by atoms with Crippen LogP contribution in [-0.4, -0.2) is 33.1 Å². The zero-order chi connectivity index (χ0) is 14.4. The van der Waals surface area contributed by atoms with Crippen LogP contribution in [0.2, 0.25) is 5.02 Å². The first kappa shape index (κ1) is 13.1. The van der Waals surface area contributed by atoms with Gasteiger partial charge in [0.2, 0.25) is 5.82 Å². The van der Waals surface area contributed by atoms with E-state index < -0.39 is 16.8 Å². The van der Waals surface area contributed by atoms with E-state index in [1.165, 1.54) is 12.3 Å². The third-order valence-electron chi connectivity index (χ3n) is 4.11. The van der Waals surface area contributed by atoms with Crippen LogP contribution in [0.3, 0.4) is 0 Å². The molecule has 0 aliphatic carbocycles. The van der Waals surface area contributed by atoms with Gasteiger partial charge in [0.15, 0.2) is 0 Å². The molecule has 20 heavy (non-hydrogen) atoms. The van der Waals surface area contributed by atoms with Gasteiger partial charge >= 0.3 is 11.7 Å². The van der Waals surface area contributed by atoms with E-state index in [0.717, 1.165) is 12.8 Å². The van der Waals surface area contributed by atoms with E-state index in [9.17, 15) is 20.0 Å². The third-order valence-corrected chi connectivity index (χ3v) is 4.32. The van der Waals surface area contributed by atoms with E-state index in [1.54, 1.807) is 4.90 Å². The summed E-state index contributed by atoms with van der Waals surface area (Å²) in [7, 11) is 0. The molecule has 3 unspecified atom stereocenters. The molecule has 2 aliphatic rings. The van der Waals surface area contributed by atoms with Crippen LogP contribution in [0.1, 0.15) is 19.3 Å². The molecule has 1 N–H and O–H groups in total. The van der Waals surface area contributed by atoms with E-state index in [4.69, 9.17) is 11.6 Å². The van der Waals surface area contributed by atoms with Crippen molar-refractivity contribution in [1.29, 1.82) is 0 Å². The normalized spacial score (nSPS) is 27.9. The predicted molar refractivity (Wildman–Crippen MR) is 70.9 cm³/mol. The van der Waals surface area contributed by atoms with Crippen LogP contribution in [0, 0.1) is 16.0 Å². The van der Waals surface area contributed by atoms with Gasteiger partial charge in [-0.3, -0.25) is 14.9 Å². The van der Waals surface area contributed by atoms with Crippen LogP contribution in [0.15, 0.2) is 12.3 Å². The molecule has 3 rings (SSSR count). The summed E-state index contributed by atoms with van der Waals surface area (Å²) in [6, 6.07) is 1.05. The topological polar surface area (TPSA) is 96.6 Å². The van der Waals surface area contributed by atoms with Crippen molar-refractivity contribution in [1.82, 2.24) is 4.98 Å². The zero-order valence-corrected chi connectivity index (χ0v) is 11.2. The highest BCUT2D eigenvalue weighted by atomic mass is 35.5. The molecule has 8 heteroatoms. The molecule has 1 aromatic rings. The maximum Gasteiger partial charge on any atom is 0.313 e. The van der Waals surface area contributed by atoms with E-state index in [1.807, 2.05) is 0 Å². The molecule has 1 aromatic heterocycles. The summed E-state index contributed by atoms with van der Waals surface area (Å²) in [4.78, 5) is 27.7. The lowest BCUT2D eigenvalue weighted by Gasteiger charge is -2.23. The van der Waals surface area contributed by atoms with Gasteiger partial charge in [-0.05, 0) is 19.3 Å². The molecule has 106 valence electrons. The van der Waals surface area contributed by atoms with Gasteiger partial charge in [0.25, 0.3) is 0 Å². The van der Waals surface area contributed by atoms with Crippen molar-refractivity contribution in [2.75, 3.05) is 4.90 Å². The minimum absolute atomic E-state index is 0.00785. The van der Waals surface area contributed by atoms with Crippen LogP contribution in [0.4, 0.5) is 11.5 Å². The summed E-state index contributed by atoms with van der Waals surface area (Å²) in [6.45, 7) is 0. The number of pyridine rings is 1. The number of nitro groups is 1. The number of carboxylic acids is 1. The number of nitrogens with zero attached hydrogens (tertiary/aromatic N) is 3. The van der Waals surface area contributed by atoms with Gasteiger partial charge in [-0.2, -0.15) is 0 Å². The predicted octanol–water partition coefficient (Wildman–Crippen LogP) is 2.09. The zero-order valence-electron chi connectivity index (χ0n) is 10.4. The highest BCUT2D eigenvalue weighted by Gasteiger charge is 2.51. The summed E-state index contributed by atoms with van der Waals surface area (Å²) < 4.78 is 0. The summed E-state index contributed by atoms with van der Waals surface area (Å²) >= 11 is 5.76. The molecule has 2 saturated heterocycles. The molecule has 0 saturated carbocycles. The maximum atomic E-state index is 11.2. The molecule has 2 fully saturated rings. The number of aliphatic carboxylic acids is 1. The van der Waals surface area contributed by atoms with Gasteiger partial charge in [-0.15, -0.1) is 0 Å². The van der Waals surface area contributed by atoms with Crippen LogP contribution in [0.25, 0.3) is 0 Å². The smallest absolute Gasteiger partial charge is 0.313 e. The molecule has 0 spiro atoms. The second-order valence-electron chi connectivity index (χ2n) is 5.14. The lowest BCUT2D eigenvalue weighted by Crippen LogP contribution is -2.33. The largest absolute Gasteiger partial charge is 0.481 e. The summed E-state index contributed by atoms with van der Waals surface area (Å²) in [5, 5.41) is 20.6. The number of hydrogen-bond donors (Lipinski definition) is 1. The fourth-order valence-corrected chi connectivity index (χ4v) is 3.49. The van der Waals surface area contributed by atoms with Gasteiger partial charge in [0.05, 0.1) is 15.9 Å². The first-order valence-electron chi connectivity index (χ1n) is 6.30. The Morgan fingerprint density at radius 3 is 2.90 bits per heavy atom. The quantitative estimate of drug-likeness (QED) is 0.678. The Morgan fingerprint density at radius 1 is 1.55 bits per heavy atom. The Balaban J connectivity index is 2.02. The number of rotatable bonds is 3. The Bertz CT molecular complexity index is 594. The summed E-state index contributed by atoms with van der Waals surface area (Å²) in [5.74, 6) is -1.10. The van der Waals surface area contributed by atoms with E-state index in [2.05, 4.69) is 4.98 Å². The van der Waals surface area contributed by atoms with Crippen molar-refractivity contribution in [3.63, 3.8) is 0 Å². The van der Waals surface area contributed by atoms with Crippen molar-refractivity contribution >= 4 is 29.1 Å². The fraction of sp³-hybridized carbons (Fsp3) is 0.500. The number of halogens is 1. The highest BCUT2D eigenvalue weighted by molar-refractivity contribution is 6.30. The van der Waals surface area contributed by atoms with Crippen LogP contribution in [0.5, 0.6) is 0 Å². The monoisotopic (exact) mass is 297 g/mol. The van der Waals surface area contributed by atoms with Crippen molar-refractivity contribution in [2.45, 2.75) is 31.3 Å². The number of carboxylic acid groups (broad SMARTS) is 1. The van der Waals surface area contributed by atoms with Gasteiger partial charge < -0.3 is 10.0 Å². The van der Waals surface area contributed by atoms with Gasteiger partial charge in [0, 0.05) is 24.3 Å². The molecule has 7 nitrogen and oxygen atoms in total. The Morgan fingerprint density at radius 2 is 2.30 bits per heavy atom. The van der Waals surface area contributed by atoms with E-state index in [-0.39, 0.29) is 28.6 Å². The van der Waals surface area contributed by atoms with Gasteiger partial charge in [0.1, 0.15) is 0 Å². The molecule has 0 aromatic carbocycles. The second-order valence-corrected chi connectivity index (χ2v) is 5.58. The number of fused-ring (bicyclic) bond motifs is 2. The Labute approximate surface area is 119 Å². The van der Waals surface area contributed by atoms with Crippen molar-refractivity contribution < 1.29 is 14.8 Å². The average Bonchev–Trinajstić information content (AvgIpc) is 2.96. The molecular formula is C12H12ClN3O4. The average molecular weight is 298 g/mol. The van der Waals surface area contributed by atoms with Gasteiger partial charge in [-0.25, -0.2) is 4.98 Å². The molecule has 2 aliphatic heterocycles. The lowest BCUT2D eigenvalue weighted by molar-refractivity contribution is -0.384. The van der Waals surface area contributed by atoms with Crippen LogP contribution >= 0.6 is 11.6 Å². The number of hydrogen-bond acceptors (Lipinski definition) is 5.